The fourth-order valence-electron chi connectivity index (χ4n) is 3.81. The van der Waals surface area contributed by atoms with E-state index in [2.05, 4.69) is 6.08 Å². The van der Waals surface area contributed by atoms with Gasteiger partial charge < -0.3 is 4.42 Å². The van der Waals surface area contributed by atoms with Gasteiger partial charge in [0.25, 0.3) is 0 Å². The molecule has 0 amide bonds. The molecule has 0 saturated carbocycles. The van der Waals surface area contributed by atoms with Gasteiger partial charge in [0.2, 0.25) is 5.43 Å². The van der Waals surface area contributed by atoms with Crippen LogP contribution in [0.3, 0.4) is 0 Å². The molecular formula is C29H20O2. The minimum Gasteiger partial charge on any atom is -0.455 e. The molecule has 0 spiro atoms. The highest BCUT2D eigenvalue weighted by molar-refractivity contribution is 5.98. The molecule has 0 bridgehead atoms. The molecule has 1 aromatic heterocycles. The Morgan fingerprint density at radius 1 is 0.645 bits per heavy atom. The van der Waals surface area contributed by atoms with Crippen molar-refractivity contribution in [3.05, 3.63) is 142 Å². The van der Waals surface area contributed by atoms with Crippen LogP contribution in [0, 0.1) is 0 Å². The molecule has 0 aliphatic heterocycles. The van der Waals surface area contributed by atoms with Crippen LogP contribution in [-0.2, 0) is 0 Å². The molecule has 0 aliphatic rings. The predicted octanol–water partition coefficient (Wildman–Crippen LogP) is 7.05. The van der Waals surface area contributed by atoms with E-state index in [1.165, 1.54) is 0 Å². The Bertz CT molecular complexity index is 1410. The zero-order valence-electron chi connectivity index (χ0n) is 16.9. The molecule has 2 nitrogen and oxygen atoms in total. The van der Waals surface area contributed by atoms with Crippen molar-refractivity contribution in [2.45, 2.75) is 0 Å². The molecule has 0 saturated heterocycles. The molecule has 0 fully saturated rings. The van der Waals surface area contributed by atoms with E-state index in [0.29, 0.717) is 22.3 Å². The van der Waals surface area contributed by atoms with Crippen molar-refractivity contribution in [3.63, 3.8) is 0 Å². The van der Waals surface area contributed by atoms with Crippen LogP contribution in [0.2, 0.25) is 0 Å². The lowest BCUT2D eigenvalue weighted by atomic mass is 9.91. The van der Waals surface area contributed by atoms with Gasteiger partial charge in [-0.15, -0.1) is 0 Å². The second-order valence-electron chi connectivity index (χ2n) is 7.33. The maximum atomic E-state index is 13.8. The molecular weight excluding hydrogens is 380 g/mol. The fraction of sp³-hybridized carbons (Fsp3) is 0. The lowest BCUT2D eigenvalue weighted by Gasteiger charge is -2.14. The first-order chi connectivity index (χ1) is 15.3. The minimum atomic E-state index is -0.0354. The van der Waals surface area contributed by atoms with Crippen LogP contribution in [-0.4, -0.2) is 0 Å². The molecule has 148 valence electrons. The molecule has 0 unspecified atom stereocenters. The average Bonchev–Trinajstić information content (AvgIpc) is 2.85. The van der Waals surface area contributed by atoms with Crippen LogP contribution in [0.4, 0.5) is 0 Å². The third-order valence-electron chi connectivity index (χ3n) is 5.30. The summed E-state index contributed by atoms with van der Waals surface area (Å²) in [4.78, 5) is 13.8. The molecule has 0 atom stereocenters. The third kappa shape index (κ3) is 3.72. The maximum absolute atomic E-state index is 13.8. The first kappa shape index (κ1) is 18.8. The van der Waals surface area contributed by atoms with Crippen molar-refractivity contribution in [1.82, 2.24) is 0 Å². The van der Waals surface area contributed by atoms with Crippen molar-refractivity contribution < 1.29 is 4.42 Å². The lowest BCUT2D eigenvalue weighted by Crippen LogP contribution is -2.11. The summed E-state index contributed by atoms with van der Waals surface area (Å²) < 4.78 is 6.36. The third-order valence-corrected chi connectivity index (χ3v) is 5.30. The van der Waals surface area contributed by atoms with E-state index < -0.39 is 0 Å². The van der Waals surface area contributed by atoms with Gasteiger partial charge in [0.1, 0.15) is 11.3 Å². The highest BCUT2D eigenvalue weighted by Crippen LogP contribution is 2.34. The molecule has 0 aliphatic carbocycles. The summed E-state index contributed by atoms with van der Waals surface area (Å²) in [5.74, 6) is 0.579. The maximum Gasteiger partial charge on any atom is 0.201 e. The summed E-state index contributed by atoms with van der Waals surface area (Å²) in [6, 6.07) is 37.3. The molecule has 31 heavy (non-hydrogen) atoms. The molecule has 5 rings (SSSR count). The monoisotopic (exact) mass is 400 g/mol. The van der Waals surface area contributed by atoms with Gasteiger partial charge in [0, 0.05) is 5.56 Å². The predicted molar refractivity (Wildman–Crippen MR) is 128 cm³/mol. The second-order valence-corrected chi connectivity index (χ2v) is 7.33. The summed E-state index contributed by atoms with van der Waals surface area (Å²) in [6.07, 6.45) is 2.06. The number of para-hydroxylation sites is 1. The van der Waals surface area contributed by atoms with Crippen LogP contribution >= 0.6 is 0 Å². The summed E-state index contributed by atoms with van der Waals surface area (Å²) in [6.45, 7) is 0. The van der Waals surface area contributed by atoms with Gasteiger partial charge in [-0.25, -0.2) is 0 Å². The van der Waals surface area contributed by atoms with Crippen LogP contribution in [0.5, 0.6) is 0 Å². The zero-order valence-corrected chi connectivity index (χ0v) is 16.9. The summed E-state index contributed by atoms with van der Waals surface area (Å²) in [5.41, 5.74) is 4.81. The van der Waals surface area contributed by atoms with Crippen molar-refractivity contribution in [2.75, 3.05) is 0 Å². The van der Waals surface area contributed by atoms with E-state index in [-0.39, 0.29) is 5.43 Å². The largest absolute Gasteiger partial charge is 0.455 e. The number of hydrogen-bond acceptors (Lipinski definition) is 2. The SMILES string of the molecule is O=c1c(/C(=C/c2ccccc2)c2ccccc2)c(-c2ccccc2)oc2ccccc12. The van der Waals surface area contributed by atoms with Gasteiger partial charge in [0.05, 0.1) is 10.9 Å². The number of hydrogen-bond donors (Lipinski definition) is 0. The number of benzene rings is 4. The summed E-state index contributed by atoms with van der Waals surface area (Å²) in [7, 11) is 0. The Labute approximate surface area is 180 Å². The number of fused-ring (bicyclic) bond motifs is 1. The van der Waals surface area contributed by atoms with Gasteiger partial charge in [-0.3, -0.25) is 4.79 Å². The minimum absolute atomic E-state index is 0.0354. The fourth-order valence-corrected chi connectivity index (χ4v) is 3.81. The van der Waals surface area contributed by atoms with Crippen molar-refractivity contribution in [3.8, 4) is 11.3 Å². The Morgan fingerprint density at radius 3 is 1.94 bits per heavy atom. The van der Waals surface area contributed by atoms with Gasteiger partial charge in [-0.2, -0.15) is 0 Å². The Hall–Kier alpha value is -4.17. The van der Waals surface area contributed by atoms with Crippen LogP contribution in [0.15, 0.2) is 124 Å². The van der Waals surface area contributed by atoms with Crippen molar-refractivity contribution >= 4 is 22.6 Å². The topological polar surface area (TPSA) is 30.2 Å². The van der Waals surface area contributed by atoms with Gasteiger partial charge in [0.15, 0.2) is 0 Å². The quantitative estimate of drug-likeness (QED) is 0.303. The second kappa shape index (κ2) is 8.29. The van der Waals surface area contributed by atoms with Gasteiger partial charge >= 0.3 is 0 Å². The van der Waals surface area contributed by atoms with E-state index in [1.54, 1.807) is 0 Å². The Balaban J connectivity index is 1.89. The highest BCUT2D eigenvalue weighted by Gasteiger charge is 2.20. The van der Waals surface area contributed by atoms with E-state index >= 15 is 0 Å². The van der Waals surface area contributed by atoms with Gasteiger partial charge in [-0.05, 0) is 34.9 Å². The number of rotatable bonds is 4. The molecule has 2 heteroatoms. The standard InChI is InChI=1S/C29H20O2/c30-28-24-18-10-11-19-26(24)31-29(23-16-8-3-9-17-23)27(28)25(22-14-6-2-7-15-22)20-21-12-4-1-5-13-21/h1-20H/b25-20+. The smallest absolute Gasteiger partial charge is 0.201 e. The Morgan fingerprint density at radius 2 is 1.23 bits per heavy atom. The van der Waals surface area contributed by atoms with E-state index in [9.17, 15) is 4.79 Å². The van der Waals surface area contributed by atoms with Crippen LogP contribution in [0.25, 0.3) is 33.9 Å². The molecule has 5 aromatic rings. The van der Waals surface area contributed by atoms with Crippen molar-refractivity contribution in [2.24, 2.45) is 0 Å². The normalized spacial score (nSPS) is 11.5. The van der Waals surface area contributed by atoms with E-state index in [0.717, 1.165) is 22.3 Å². The highest BCUT2D eigenvalue weighted by atomic mass is 16.3. The first-order valence-electron chi connectivity index (χ1n) is 10.2. The molecule has 0 N–H and O–H groups in total. The van der Waals surface area contributed by atoms with Gasteiger partial charge in [-0.1, -0.05) is 103 Å². The first-order valence-corrected chi connectivity index (χ1v) is 10.2. The van der Waals surface area contributed by atoms with E-state index in [1.807, 2.05) is 115 Å². The summed E-state index contributed by atoms with van der Waals surface area (Å²) in [5, 5.41) is 0.576. The zero-order chi connectivity index (χ0) is 21.0. The molecule has 1 heterocycles. The van der Waals surface area contributed by atoms with Crippen LogP contribution < -0.4 is 5.43 Å². The molecule has 4 aromatic carbocycles. The van der Waals surface area contributed by atoms with Crippen molar-refractivity contribution in [1.29, 1.82) is 0 Å². The molecule has 0 radical (unpaired) electrons. The Kier molecular flexibility index (Phi) is 5.04. The van der Waals surface area contributed by atoms with Crippen LogP contribution in [0.1, 0.15) is 16.7 Å². The average molecular weight is 400 g/mol. The lowest BCUT2D eigenvalue weighted by molar-refractivity contribution is 0.617. The van der Waals surface area contributed by atoms with E-state index in [4.69, 9.17) is 4.42 Å². The summed E-state index contributed by atoms with van der Waals surface area (Å²) >= 11 is 0.